The van der Waals surface area contributed by atoms with E-state index >= 15 is 0 Å². The molecule has 0 unspecified atom stereocenters. The van der Waals surface area contributed by atoms with Crippen molar-refractivity contribution in [1.82, 2.24) is 19.8 Å². The molecule has 5 rings (SSSR count). The van der Waals surface area contributed by atoms with Gasteiger partial charge >= 0.3 is 6.03 Å². The van der Waals surface area contributed by atoms with Gasteiger partial charge in [0, 0.05) is 62.0 Å². The Labute approximate surface area is 216 Å². The molecule has 0 aliphatic carbocycles. The van der Waals surface area contributed by atoms with Gasteiger partial charge in [-0.2, -0.15) is 0 Å². The van der Waals surface area contributed by atoms with Gasteiger partial charge in [-0.1, -0.05) is 12.1 Å². The number of likely N-dealkylation sites (tertiary alicyclic amines) is 2. The van der Waals surface area contributed by atoms with Crippen LogP contribution in [0.2, 0.25) is 0 Å². The predicted molar refractivity (Wildman–Crippen MR) is 143 cm³/mol. The van der Waals surface area contributed by atoms with E-state index in [-0.39, 0.29) is 18.2 Å². The number of amides is 2. The van der Waals surface area contributed by atoms with Crippen LogP contribution < -0.4 is 5.73 Å². The number of carbonyl (C=O) groups is 2. The van der Waals surface area contributed by atoms with Crippen LogP contribution in [0.5, 0.6) is 0 Å². The van der Waals surface area contributed by atoms with Gasteiger partial charge in [0.05, 0.1) is 5.56 Å². The highest BCUT2D eigenvalue weighted by Gasteiger charge is 2.27. The number of aromatic nitrogens is 2. The molecule has 7 nitrogen and oxygen atoms in total. The maximum absolute atomic E-state index is 12.9. The summed E-state index contributed by atoms with van der Waals surface area (Å²) in [6, 6.07) is 10.1. The monoisotopic (exact) mass is 503 g/mol. The zero-order chi connectivity index (χ0) is 24.9. The maximum Gasteiger partial charge on any atom is 0.319 e. The largest absolute Gasteiger partial charge is 0.398 e. The molecular formula is C28H33N5O2S. The van der Waals surface area contributed by atoms with Gasteiger partial charge in [-0.15, -0.1) is 11.3 Å². The first-order valence-electron chi connectivity index (χ1n) is 12.9. The molecule has 2 saturated heterocycles. The van der Waals surface area contributed by atoms with Crippen LogP contribution in [0.4, 0.5) is 10.5 Å². The van der Waals surface area contributed by atoms with E-state index in [1.165, 1.54) is 6.42 Å². The molecule has 2 fully saturated rings. The minimum absolute atomic E-state index is 0.0406. The number of hydrogen-bond acceptors (Lipinski definition) is 6. The molecule has 36 heavy (non-hydrogen) atoms. The second-order valence-electron chi connectivity index (χ2n) is 9.84. The second kappa shape index (κ2) is 11.2. The van der Waals surface area contributed by atoms with E-state index in [1.807, 2.05) is 39.4 Å². The fourth-order valence-electron chi connectivity index (χ4n) is 5.11. The summed E-state index contributed by atoms with van der Waals surface area (Å²) in [6.45, 7) is 3.37. The number of nitrogens with zero attached hydrogens (tertiary/aromatic N) is 4. The first-order valence-corrected chi connectivity index (χ1v) is 13.7. The molecular weight excluding hydrogens is 470 g/mol. The number of rotatable bonds is 6. The van der Waals surface area contributed by atoms with Crippen molar-refractivity contribution in [1.29, 1.82) is 0 Å². The van der Waals surface area contributed by atoms with E-state index in [0.717, 1.165) is 80.1 Å². The van der Waals surface area contributed by atoms with Gasteiger partial charge in [0.25, 0.3) is 0 Å². The Morgan fingerprint density at radius 1 is 0.972 bits per heavy atom. The third-order valence-corrected chi connectivity index (χ3v) is 8.23. The Kier molecular flexibility index (Phi) is 7.60. The Bertz CT molecular complexity index is 1180. The van der Waals surface area contributed by atoms with Crippen LogP contribution in [0.1, 0.15) is 53.8 Å². The van der Waals surface area contributed by atoms with Crippen molar-refractivity contribution in [3.05, 3.63) is 65.1 Å². The van der Waals surface area contributed by atoms with E-state index in [4.69, 9.17) is 5.73 Å². The normalized spacial score (nSPS) is 16.8. The van der Waals surface area contributed by atoms with E-state index in [0.29, 0.717) is 17.2 Å². The zero-order valence-corrected chi connectivity index (χ0v) is 21.4. The summed E-state index contributed by atoms with van der Waals surface area (Å²) < 4.78 is 0. The average molecular weight is 504 g/mol. The van der Waals surface area contributed by atoms with Gasteiger partial charge in [0.1, 0.15) is 5.82 Å². The van der Waals surface area contributed by atoms with Gasteiger partial charge in [-0.25, -0.2) is 14.8 Å². The fourth-order valence-corrected chi connectivity index (χ4v) is 5.83. The lowest BCUT2D eigenvalue weighted by Crippen LogP contribution is -2.48. The number of hydrogen-bond donors (Lipinski definition) is 1. The molecule has 0 bridgehead atoms. The lowest BCUT2D eigenvalue weighted by atomic mass is 9.93. The van der Waals surface area contributed by atoms with Gasteiger partial charge in [-0.05, 0) is 72.7 Å². The molecule has 0 radical (unpaired) electrons. The van der Waals surface area contributed by atoms with Crippen LogP contribution in [0.15, 0.2) is 48.1 Å². The Morgan fingerprint density at radius 2 is 1.69 bits per heavy atom. The minimum atomic E-state index is -0.0406. The minimum Gasteiger partial charge on any atom is -0.398 e. The van der Waals surface area contributed by atoms with Crippen LogP contribution in [0, 0.1) is 5.92 Å². The molecule has 2 aromatic heterocycles. The predicted octanol–water partition coefficient (Wildman–Crippen LogP) is 5.07. The molecule has 0 spiro atoms. The third kappa shape index (κ3) is 5.75. The van der Waals surface area contributed by atoms with Crippen LogP contribution in [-0.2, 0) is 12.8 Å². The van der Waals surface area contributed by atoms with E-state index in [9.17, 15) is 9.59 Å². The summed E-state index contributed by atoms with van der Waals surface area (Å²) >= 11 is 1.66. The SMILES string of the molecule is Nc1ccc(-c2cccs2)cc1CC(=O)c1cnc(CC2CCN(C(=O)N3CCCCC3)CC2)nc1. The molecule has 8 heteroatoms. The molecule has 188 valence electrons. The maximum atomic E-state index is 12.9. The summed E-state index contributed by atoms with van der Waals surface area (Å²) in [4.78, 5) is 39.8. The molecule has 3 aromatic rings. The summed E-state index contributed by atoms with van der Waals surface area (Å²) in [5, 5.41) is 2.04. The lowest BCUT2D eigenvalue weighted by molar-refractivity contribution is 0.0992. The average Bonchev–Trinajstić information content (AvgIpc) is 3.46. The number of nitrogens with two attached hydrogens (primary N) is 1. The number of nitrogen functional groups attached to an aromatic ring is 1. The van der Waals surface area contributed by atoms with Crippen molar-refractivity contribution in [3.63, 3.8) is 0 Å². The van der Waals surface area contributed by atoms with Crippen molar-refractivity contribution in [2.45, 2.75) is 44.9 Å². The number of carbonyl (C=O) groups excluding carboxylic acids is 2. The van der Waals surface area contributed by atoms with Crippen LogP contribution in [0.25, 0.3) is 10.4 Å². The summed E-state index contributed by atoms with van der Waals surface area (Å²) in [5.74, 6) is 1.17. The highest BCUT2D eigenvalue weighted by molar-refractivity contribution is 7.13. The first kappa shape index (κ1) is 24.4. The van der Waals surface area contributed by atoms with E-state index < -0.39 is 0 Å². The Morgan fingerprint density at radius 3 is 2.39 bits per heavy atom. The zero-order valence-electron chi connectivity index (χ0n) is 20.6. The van der Waals surface area contributed by atoms with Crippen molar-refractivity contribution < 1.29 is 9.59 Å². The number of Topliss-reactive ketones (excluding diaryl/α,β-unsaturated/α-hetero) is 1. The van der Waals surface area contributed by atoms with Crippen LogP contribution >= 0.6 is 11.3 Å². The number of urea groups is 1. The summed E-state index contributed by atoms with van der Waals surface area (Å²) in [7, 11) is 0. The molecule has 0 saturated carbocycles. The highest BCUT2D eigenvalue weighted by Crippen LogP contribution is 2.28. The molecule has 0 atom stereocenters. The molecule has 2 amide bonds. The number of benzene rings is 1. The van der Waals surface area contributed by atoms with E-state index in [1.54, 1.807) is 23.7 Å². The smallest absolute Gasteiger partial charge is 0.319 e. The molecule has 2 aliphatic heterocycles. The van der Waals surface area contributed by atoms with Crippen molar-refractivity contribution in [3.8, 4) is 10.4 Å². The van der Waals surface area contributed by atoms with Crippen molar-refractivity contribution in [2.75, 3.05) is 31.9 Å². The number of ketones is 1. The van der Waals surface area contributed by atoms with Crippen molar-refractivity contribution >= 4 is 28.8 Å². The third-order valence-electron chi connectivity index (χ3n) is 7.31. The van der Waals surface area contributed by atoms with Gasteiger partial charge in [0.15, 0.2) is 5.78 Å². The quantitative estimate of drug-likeness (QED) is 0.374. The number of piperidine rings is 2. The Balaban J connectivity index is 1.14. The van der Waals surface area contributed by atoms with Gasteiger partial charge in [-0.3, -0.25) is 4.79 Å². The molecule has 2 aliphatic rings. The summed E-state index contributed by atoms with van der Waals surface area (Å²) in [5.41, 5.74) is 9.17. The van der Waals surface area contributed by atoms with Crippen LogP contribution in [-0.4, -0.2) is 57.8 Å². The highest BCUT2D eigenvalue weighted by atomic mass is 32.1. The lowest BCUT2D eigenvalue weighted by Gasteiger charge is -2.37. The van der Waals surface area contributed by atoms with Gasteiger partial charge < -0.3 is 15.5 Å². The topological polar surface area (TPSA) is 92.4 Å². The number of thiophene rings is 1. The Hall–Kier alpha value is -3.26. The van der Waals surface area contributed by atoms with Crippen LogP contribution in [0.3, 0.4) is 0 Å². The molecule has 4 heterocycles. The summed E-state index contributed by atoms with van der Waals surface area (Å²) in [6.07, 6.45) is 9.66. The van der Waals surface area contributed by atoms with Gasteiger partial charge in [0.2, 0.25) is 0 Å². The molecule has 1 aromatic carbocycles. The molecule has 2 N–H and O–H groups in total. The standard InChI is InChI=1S/C28H33N5O2S/c29-24-7-6-21(26-5-4-14-36-26)16-22(24)17-25(34)23-18-30-27(31-19-23)15-20-8-12-33(13-9-20)28(35)32-10-2-1-3-11-32/h4-7,14,16,18-20H,1-3,8-13,15,17,29H2. The second-order valence-corrected chi connectivity index (χ2v) is 10.8. The van der Waals surface area contributed by atoms with Crippen molar-refractivity contribution in [2.24, 2.45) is 5.92 Å². The number of anilines is 1. The first-order chi connectivity index (χ1) is 17.6. The van der Waals surface area contributed by atoms with E-state index in [2.05, 4.69) is 16.0 Å². The fraction of sp³-hybridized carbons (Fsp3) is 0.429.